The number of amides is 1. The Morgan fingerprint density at radius 3 is 2.63 bits per heavy atom. The summed E-state index contributed by atoms with van der Waals surface area (Å²) in [4.78, 5) is 20.6. The first-order valence-electron chi connectivity index (χ1n) is 9.96. The Balaban J connectivity index is 1.51. The minimum atomic E-state index is 0.0531. The predicted molar refractivity (Wildman–Crippen MR) is 112 cm³/mol. The third-order valence-electron chi connectivity index (χ3n) is 5.21. The van der Waals surface area contributed by atoms with Crippen molar-refractivity contribution < 1.29 is 4.79 Å². The Kier molecular flexibility index (Phi) is 6.66. The van der Waals surface area contributed by atoms with Crippen molar-refractivity contribution in [3.63, 3.8) is 0 Å². The molecule has 3 rings (SSSR count). The van der Waals surface area contributed by atoms with Crippen LogP contribution in [0.15, 0.2) is 24.3 Å². The van der Waals surface area contributed by atoms with Gasteiger partial charge in [0.05, 0.1) is 10.7 Å². The fourth-order valence-electron chi connectivity index (χ4n) is 3.61. The lowest BCUT2D eigenvalue weighted by molar-refractivity contribution is 0.0912. The van der Waals surface area contributed by atoms with E-state index in [1.807, 2.05) is 6.92 Å². The molecule has 2 aromatic rings. The van der Waals surface area contributed by atoms with Crippen LogP contribution in [0.25, 0.3) is 0 Å². The zero-order chi connectivity index (χ0) is 19.4. The van der Waals surface area contributed by atoms with E-state index in [-0.39, 0.29) is 11.9 Å². The molecule has 0 spiro atoms. The third kappa shape index (κ3) is 5.39. The van der Waals surface area contributed by atoms with E-state index in [9.17, 15) is 4.79 Å². The van der Waals surface area contributed by atoms with E-state index in [4.69, 9.17) is 0 Å². The topological polar surface area (TPSA) is 45.2 Å². The van der Waals surface area contributed by atoms with E-state index < -0.39 is 0 Å². The van der Waals surface area contributed by atoms with Crippen molar-refractivity contribution in [2.75, 3.05) is 13.1 Å². The molecule has 1 saturated heterocycles. The molecule has 0 aliphatic carbocycles. The first kappa shape index (κ1) is 20.0. The number of aromatic nitrogens is 1. The van der Waals surface area contributed by atoms with Crippen LogP contribution >= 0.6 is 11.3 Å². The molecule has 5 heteroatoms. The maximum atomic E-state index is 12.7. The van der Waals surface area contributed by atoms with Crippen molar-refractivity contribution in [1.29, 1.82) is 0 Å². The van der Waals surface area contributed by atoms with Crippen LogP contribution in [0, 0.1) is 19.8 Å². The number of piperidine rings is 1. The summed E-state index contributed by atoms with van der Waals surface area (Å²) in [6, 6.07) is 8.85. The molecular weight excluding hydrogens is 354 g/mol. The highest BCUT2D eigenvalue weighted by Gasteiger charge is 2.23. The van der Waals surface area contributed by atoms with Crippen LogP contribution in [-0.4, -0.2) is 34.9 Å². The zero-order valence-corrected chi connectivity index (χ0v) is 17.7. The molecule has 4 nitrogen and oxygen atoms in total. The molecule has 1 aromatic carbocycles. The second kappa shape index (κ2) is 8.98. The molecule has 0 saturated carbocycles. The number of rotatable bonds is 6. The molecule has 1 N–H and O–H groups in total. The van der Waals surface area contributed by atoms with Gasteiger partial charge in [-0.1, -0.05) is 38.1 Å². The molecule has 27 heavy (non-hydrogen) atoms. The molecule has 0 unspecified atom stereocenters. The normalized spacial score (nSPS) is 16.0. The average molecular weight is 386 g/mol. The summed E-state index contributed by atoms with van der Waals surface area (Å²) >= 11 is 1.55. The van der Waals surface area contributed by atoms with Gasteiger partial charge in [-0.2, -0.15) is 0 Å². The lowest BCUT2D eigenvalue weighted by Gasteiger charge is -2.32. The van der Waals surface area contributed by atoms with Crippen molar-refractivity contribution in [3.8, 4) is 0 Å². The van der Waals surface area contributed by atoms with Gasteiger partial charge in [-0.05, 0) is 43.7 Å². The molecule has 2 heterocycles. The van der Waals surface area contributed by atoms with Gasteiger partial charge in [0, 0.05) is 32.1 Å². The fourth-order valence-corrected chi connectivity index (χ4v) is 4.79. The van der Waals surface area contributed by atoms with Gasteiger partial charge in [0.15, 0.2) is 0 Å². The highest BCUT2D eigenvalue weighted by Crippen LogP contribution is 2.22. The molecule has 1 aromatic heterocycles. The Labute approximate surface area is 167 Å². The van der Waals surface area contributed by atoms with Crippen LogP contribution in [0.5, 0.6) is 0 Å². The van der Waals surface area contributed by atoms with Crippen LogP contribution in [0.1, 0.15) is 58.2 Å². The van der Waals surface area contributed by atoms with Gasteiger partial charge in [0.1, 0.15) is 4.88 Å². The molecule has 1 fully saturated rings. The molecular formula is C22H31N3OS. The van der Waals surface area contributed by atoms with Crippen molar-refractivity contribution in [1.82, 2.24) is 15.2 Å². The van der Waals surface area contributed by atoms with E-state index in [0.717, 1.165) is 54.5 Å². The second-order valence-corrected chi connectivity index (χ2v) is 9.15. The summed E-state index contributed by atoms with van der Waals surface area (Å²) in [5.74, 6) is 0.612. The first-order valence-corrected chi connectivity index (χ1v) is 10.8. The monoisotopic (exact) mass is 385 g/mol. The highest BCUT2D eigenvalue weighted by atomic mass is 32.1. The Bertz CT molecular complexity index is 776. The number of thiazole rings is 1. The molecule has 0 radical (unpaired) electrons. The molecule has 1 amide bonds. The van der Waals surface area contributed by atoms with Gasteiger partial charge >= 0.3 is 0 Å². The molecule has 1 aliphatic heterocycles. The van der Waals surface area contributed by atoms with Crippen molar-refractivity contribution in [2.45, 2.75) is 59.5 Å². The minimum absolute atomic E-state index is 0.0531. The number of carbonyl (C=O) groups is 1. The minimum Gasteiger partial charge on any atom is -0.348 e. The van der Waals surface area contributed by atoms with Gasteiger partial charge in [-0.25, -0.2) is 4.98 Å². The van der Waals surface area contributed by atoms with E-state index in [2.05, 4.69) is 60.2 Å². The van der Waals surface area contributed by atoms with Gasteiger partial charge < -0.3 is 5.32 Å². The van der Waals surface area contributed by atoms with Crippen LogP contribution in [0.2, 0.25) is 0 Å². The van der Waals surface area contributed by atoms with Crippen molar-refractivity contribution in [3.05, 3.63) is 51.0 Å². The first-order chi connectivity index (χ1) is 12.9. The summed E-state index contributed by atoms with van der Waals surface area (Å²) < 4.78 is 0. The Hall–Kier alpha value is -1.72. The number of hydrogen-bond acceptors (Lipinski definition) is 4. The van der Waals surface area contributed by atoms with E-state index in [1.54, 1.807) is 11.3 Å². The van der Waals surface area contributed by atoms with Crippen molar-refractivity contribution >= 4 is 17.2 Å². The summed E-state index contributed by atoms with van der Waals surface area (Å²) in [6.45, 7) is 11.5. The van der Waals surface area contributed by atoms with E-state index >= 15 is 0 Å². The largest absolute Gasteiger partial charge is 0.348 e. The summed E-state index contributed by atoms with van der Waals surface area (Å²) in [5.41, 5.74) is 3.62. The number of likely N-dealkylation sites (tertiary alicyclic amines) is 1. The van der Waals surface area contributed by atoms with Gasteiger partial charge in [0.25, 0.3) is 5.91 Å². The summed E-state index contributed by atoms with van der Waals surface area (Å²) in [6.07, 6.45) is 2.96. The zero-order valence-electron chi connectivity index (χ0n) is 16.9. The molecule has 0 bridgehead atoms. The second-order valence-electron chi connectivity index (χ2n) is 8.07. The van der Waals surface area contributed by atoms with Crippen LogP contribution in [0.3, 0.4) is 0 Å². The van der Waals surface area contributed by atoms with Crippen molar-refractivity contribution in [2.24, 2.45) is 5.92 Å². The lowest BCUT2D eigenvalue weighted by atomic mass is 10.0. The average Bonchev–Trinajstić information content (AvgIpc) is 2.98. The number of nitrogens with zero attached hydrogens (tertiary/aromatic N) is 2. The quantitative estimate of drug-likeness (QED) is 0.804. The number of carbonyl (C=O) groups excluding carboxylic acids is 1. The molecule has 0 atom stereocenters. The maximum absolute atomic E-state index is 12.7. The van der Waals surface area contributed by atoms with Gasteiger partial charge in [-0.15, -0.1) is 11.3 Å². The molecule has 146 valence electrons. The maximum Gasteiger partial charge on any atom is 0.263 e. The molecule has 1 aliphatic rings. The summed E-state index contributed by atoms with van der Waals surface area (Å²) in [5, 5.41) is 4.31. The standard InChI is InChI=1S/C22H31N3OS/c1-15(2)13-20-23-17(4)21(27-20)22(26)24-19-9-11-25(12-10-19)14-18-8-6-5-7-16(18)3/h5-8,15,19H,9-14H2,1-4H3,(H,24,26). The van der Waals surface area contributed by atoms with Crippen LogP contribution < -0.4 is 5.32 Å². The van der Waals surface area contributed by atoms with Gasteiger partial charge in [0.2, 0.25) is 0 Å². The number of hydrogen-bond donors (Lipinski definition) is 1. The lowest BCUT2D eigenvalue weighted by Crippen LogP contribution is -2.44. The van der Waals surface area contributed by atoms with E-state index in [1.165, 1.54) is 11.1 Å². The highest BCUT2D eigenvalue weighted by molar-refractivity contribution is 7.13. The Morgan fingerprint density at radius 1 is 1.26 bits per heavy atom. The number of benzene rings is 1. The SMILES string of the molecule is Cc1ccccc1CN1CCC(NC(=O)c2sc(CC(C)C)nc2C)CC1. The summed E-state index contributed by atoms with van der Waals surface area (Å²) in [7, 11) is 0. The Morgan fingerprint density at radius 2 is 1.96 bits per heavy atom. The smallest absolute Gasteiger partial charge is 0.263 e. The number of nitrogens with one attached hydrogen (secondary N) is 1. The predicted octanol–water partition coefficient (Wildman–Crippen LogP) is 4.35. The van der Waals surface area contributed by atoms with E-state index in [0.29, 0.717) is 5.92 Å². The van der Waals surface area contributed by atoms with Gasteiger partial charge in [-0.3, -0.25) is 9.69 Å². The number of aryl methyl sites for hydroxylation is 2. The van der Waals surface area contributed by atoms with Crippen LogP contribution in [0.4, 0.5) is 0 Å². The van der Waals surface area contributed by atoms with Crippen LogP contribution in [-0.2, 0) is 13.0 Å². The fraction of sp³-hybridized carbons (Fsp3) is 0.545. The third-order valence-corrected chi connectivity index (χ3v) is 6.39.